The molecule has 2 nitrogen and oxygen atoms in total. The molecule has 2 aromatic rings. The monoisotopic (exact) mass is 294 g/mol. The van der Waals surface area contributed by atoms with Gasteiger partial charge in [0.2, 0.25) is 0 Å². The standard InChI is InChI=1S/C16H13F3O2/c1-9(8-14(20)21)10-2-4-11(5-3-10)12-6-7-13(17)16(19)15(12)18/h2-7,9H,8H2,1H3,(H,20,21). The van der Waals surface area contributed by atoms with Crippen LogP contribution in [0.25, 0.3) is 11.1 Å². The molecule has 1 unspecified atom stereocenters. The van der Waals surface area contributed by atoms with Crippen LogP contribution in [0.3, 0.4) is 0 Å². The molecule has 0 radical (unpaired) electrons. The fourth-order valence-corrected chi connectivity index (χ4v) is 2.12. The quantitative estimate of drug-likeness (QED) is 0.851. The van der Waals surface area contributed by atoms with Crippen LogP contribution >= 0.6 is 0 Å². The van der Waals surface area contributed by atoms with Gasteiger partial charge in [-0.15, -0.1) is 0 Å². The molecule has 0 saturated heterocycles. The Kier molecular flexibility index (Phi) is 4.31. The van der Waals surface area contributed by atoms with Crippen molar-refractivity contribution >= 4 is 5.97 Å². The van der Waals surface area contributed by atoms with Gasteiger partial charge in [-0.25, -0.2) is 13.2 Å². The Labute approximate surface area is 119 Å². The molecule has 0 aliphatic rings. The number of benzene rings is 2. The van der Waals surface area contributed by atoms with Crippen LogP contribution in [0.2, 0.25) is 0 Å². The van der Waals surface area contributed by atoms with E-state index in [1.165, 1.54) is 6.07 Å². The highest BCUT2D eigenvalue weighted by atomic mass is 19.2. The third-order valence-electron chi connectivity index (χ3n) is 3.31. The van der Waals surface area contributed by atoms with Gasteiger partial charge in [-0.3, -0.25) is 4.79 Å². The van der Waals surface area contributed by atoms with Crippen LogP contribution in [0.15, 0.2) is 36.4 Å². The summed E-state index contributed by atoms with van der Waals surface area (Å²) < 4.78 is 39.8. The first kappa shape index (κ1) is 15.1. The van der Waals surface area contributed by atoms with Crippen LogP contribution in [-0.4, -0.2) is 11.1 Å². The molecule has 1 atom stereocenters. The zero-order valence-electron chi connectivity index (χ0n) is 11.2. The largest absolute Gasteiger partial charge is 0.481 e. The Morgan fingerprint density at radius 3 is 2.24 bits per heavy atom. The van der Waals surface area contributed by atoms with E-state index in [-0.39, 0.29) is 17.9 Å². The van der Waals surface area contributed by atoms with Gasteiger partial charge in [0.1, 0.15) is 0 Å². The van der Waals surface area contributed by atoms with Crippen LogP contribution < -0.4 is 0 Å². The van der Waals surface area contributed by atoms with Crippen LogP contribution in [-0.2, 0) is 4.79 Å². The summed E-state index contributed by atoms with van der Waals surface area (Å²) >= 11 is 0. The molecular weight excluding hydrogens is 281 g/mol. The molecule has 5 heteroatoms. The zero-order valence-corrected chi connectivity index (χ0v) is 11.2. The molecule has 1 N–H and O–H groups in total. The fraction of sp³-hybridized carbons (Fsp3) is 0.188. The first-order valence-corrected chi connectivity index (χ1v) is 6.35. The predicted octanol–water partition coefficient (Wildman–Crippen LogP) is 4.35. The molecule has 21 heavy (non-hydrogen) atoms. The third kappa shape index (κ3) is 3.24. The zero-order chi connectivity index (χ0) is 15.6. The Morgan fingerprint density at radius 2 is 1.67 bits per heavy atom. The van der Waals surface area contributed by atoms with E-state index in [9.17, 15) is 18.0 Å². The van der Waals surface area contributed by atoms with Gasteiger partial charge in [-0.05, 0) is 29.2 Å². The second kappa shape index (κ2) is 5.99. The second-order valence-electron chi connectivity index (χ2n) is 4.84. The summed E-state index contributed by atoms with van der Waals surface area (Å²) in [4.78, 5) is 10.7. The molecule has 0 fully saturated rings. The lowest BCUT2D eigenvalue weighted by molar-refractivity contribution is -0.137. The summed E-state index contributed by atoms with van der Waals surface area (Å²) in [6, 6.07) is 8.47. The highest BCUT2D eigenvalue weighted by Gasteiger charge is 2.15. The molecule has 0 bridgehead atoms. The van der Waals surface area contributed by atoms with Crippen LogP contribution in [0.5, 0.6) is 0 Å². The summed E-state index contributed by atoms with van der Waals surface area (Å²) in [5, 5.41) is 8.74. The molecule has 0 amide bonds. The number of carboxylic acids is 1. The lowest BCUT2D eigenvalue weighted by Gasteiger charge is -2.11. The number of rotatable bonds is 4. The lowest BCUT2D eigenvalue weighted by Crippen LogP contribution is -2.02. The number of hydrogen-bond donors (Lipinski definition) is 1. The van der Waals surface area contributed by atoms with Gasteiger partial charge in [0, 0.05) is 5.56 Å². The third-order valence-corrected chi connectivity index (χ3v) is 3.31. The van der Waals surface area contributed by atoms with Gasteiger partial charge in [0.05, 0.1) is 6.42 Å². The van der Waals surface area contributed by atoms with Crippen molar-refractivity contribution in [1.82, 2.24) is 0 Å². The Balaban J connectivity index is 2.31. The molecule has 2 aromatic carbocycles. The molecular formula is C16H13F3O2. The van der Waals surface area contributed by atoms with E-state index < -0.39 is 23.4 Å². The van der Waals surface area contributed by atoms with E-state index in [2.05, 4.69) is 0 Å². The minimum Gasteiger partial charge on any atom is -0.481 e. The average Bonchev–Trinajstić information content (AvgIpc) is 2.44. The van der Waals surface area contributed by atoms with Crippen LogP contribution in [0, 0.1) is 17.5 Å². The van der Waals surface area contributed by atoms with E-state index in [0.717, 1.165) is 11.6 Å². The summed E-state index contributed by atoms with van der Waals surface area (Å²) in [5.41, 5.74) is 1.15. The van der Waals surface area contributed by atoms with E-state index in [1.807, 2.05) is 0 Å². The molecule has 0 aromatic heterocycles. The Hall–Kier alpha value is -2.30. The van der Waals surface area contributed by atoms with Crippen molar-refractivity contribution in [1.29, 1.82) is 0 Å². The number of carbonyl (C=O) groups is 1. The predicted molar refractivity (Wildman–Crippen MR) is 72.4 cm³/mol. The lowest BCUT2D eigenvalue weighted by atomic mass is 9.95. The molecule has 0 saturated carbocycles. The van der Waals surface area contributed by atoms with E-state index in [0.29, 0.717) is 5.56 Å². The maximum absolute atomic E-state index is 13.7. The van der Waals surface area contributed by atoms with Gasteiger partial charge in [-0.2, -0.15) is 0 Å². The van der Waals surface area contributed by atoms with Crippen molar-refractivity contribution in [3.63, 3.8) is 0 Å². The average molecular weight is 294 g/mol. The van der Waals surface area contributed by atoms with E-state index in [4.69, 9.17) is 5.11 Å². The van der Waals surface area contributed by atoms with Crippen molar-refractivity contribution in [2.45, 2.75) is 19.3 Å². The fourth-order valence-electron chi connectivity index (χ4n) is 2.12. The maximum atomic E-state index is 13.7. The summed E-state index contributed by atoms with van der Waals surface area (Å²) in [7, 11) is 0. The first-order chi connectivity index (χ1) is 9.90. The first-order valence-electron chi connectivity index (χ1n) is 6.35. The molecule has 0 spiro atoms. The minimum absolute atomic E-state index is 0.0150. The highest BCUT2D eigenvalue weighted by Crippen LogP contribution is 2.28. The van der Waals surface area contributed by atoms with Crippen molar-refractivity contribution in [2.24, 2.45) is 0 Å². The summed E-state index contributed by atoms with van der Waals surface area (Å²) in [6.45, 7) is 1.77. The number of halogens is 3. The van der Waals surface area contributed by atoms with Crippen LogP contribution in [0.1, 0.15) is 24.8 Å². The van der Waals surface area contributed by atoms with Crippen molar-refractivity contribution in [2.75, 3.05) is 0 Å². The summed E-state index contributed by atoms with van der Waals surface area (Å²) in [5.74, 6) is -5.07. The second-order valence-corrected chi connectivity index (χ2v) is 4.84. The summed E-state index contributed by atoms with van der Waals surface area (Å²) in [6.07, 6.45) is -0.0150. The number of hydrogen-bond acceptors (Lipinski definition) is 1. The maximum Gasteiger partial charge on any atom is 0.303 e. The van der Waals surface area contributed by atoms with Gasteiger partial charge in [0.15, 0.2) is 17.5 Å². The van der Waals surface area contributed by atoms with Gasteiger partial charge in [0.25, 0.3) is 0 Å². The van der Waals surface area contributed by atoms with Crippen molar-refractivity contribution in [3.05, 3.63) is 59.4 Å². The molecule has 110 valence electrons. The number of aliphatic carboxylic acids is 1. The van der Waals surface area contributed by atoms with Gasteiger partial charge >= 0.3 is 5.97 Å². The number of carboxylic acid groups (broad SMARTS) is 1. The van der Waals surface area contributed by atoms with Crippen molar-refractivity contribution < 1.29 is 23.1 Å². The molecule has 0 heterocycles. The smallest absolute Gasteiger partial charge is 0.303 e. The normalized spacial score (nSPS) is 12.2. The molecule has 0 aliphatic heterocycles. The Morgan fingerprint density at radius 1 is 1.05 bits per heavy atom. The van der Waals surface area contributed by atoms with E-state index >= 15 is 0 Å². The molecule has 2 rings (SSSR count). The van der Waals surface area contributed by atoms with E-state index in [1.54, 1.807) is 31.2 Å². The van der Waals surface area contributed by atoms with Gasteiger partial charge < -0.3 is 5.11 Å². The minimum atomic E-state index is -1.50. The molecule has 0 aliphatic carbocycles. The van der Waals surface area contributed by atoms with Crippen molar-refractivity contribution in [3.8, 4) is 11.1 Å². The Bertz CT molecular complexity index is 666. The van der Waals surface area contributed by atoms with Crippen LogP contribution in [0.4, 0.5) is 13.2 Å². The van der Waals surface area contributed by atoms with Gasteiger partial charge in [-0.1, -0.05) is 31.2 Å². The highest BCUT2D eigenvalue weighted by molar-refractivity contribution is 5.68. The topological polar surface area (TPSA) is 37.3 Å². The SMILES string of the molecule is CC(CC(=O)O)c1ccc(-c2ccc(F)c(F)c2F)cc1.